The average Bonchev–Trinajstić information content (AvgIpc) is 3.21. The highest BCUT2D eigenvalue weighted by Crippen LogP contribution is 2.38. The van der Waals surface area contributed by atoms with E-state index in [1.165, 1.54) is 33.5 Å². The first-order valence-corrected chi connectivity index (χ1v) is 8.60. The standard InChI is InChI=1S/C19H25NO7/c1-23-15-9-13(10-16(24-2)19(15)25-3)6-7-18(22)27-12-17(21)20-11-14-5-4-8-26-14/h6-7,9-10,14H,4-5,8,11-12H2,1-3H3,(H,20,21)/b7-6+/t14-/m0/s1. The van der Waals surface area contributed by atoms with Crippen molar-refractivity contribution in [2.45, 2.75) is 18.9 Å². The van der Waals surface area contributed by atoms with Gasteiger partial charge in [-0.15, -0.1) is 0 Å². The minimum absolute atomic E-state index is 0.0459. The van der Waals surface area contributed by atoms with Crippen LogP contribution in [0.3, 0.4) is 0 Å². The summed E-state index contributed by atoms with van der Waals surface area (Å²) < 4.78 is 26.1. The van der Waals surface area contributed by atoms with Gasteiger partial charge in [-0.1, -0.05) is 0 Å². The maximum atomic E-state index is 11.8. The van der Waals surface area contributed by atoms with Crippen LogP contribution >= 0.6 is 0 Å². The van der Waals surface area contributed by atoms with Gasteiger partial charge in [0.15, 0.2) is 18.1 Å². The molecule has 0 unspecified atom stereocenters. The quantitative estimate of drug-likeness (QED) is 0.514. The maximum absolute atomic E-state index is 11.8. The topological polar surface area (TPSA) is 92.3 Å². The fourth-order valence-corrected chi connectivity index (χ4v) is 2.63. The van der Waals surface area contributed by atoms with Crippen molar-refractivity contribution >= 4 is 18.0 Å². The largest absolute Gasteiger partial charge is 0.493 e. The van der Waals surface area contributed by atoms with E-state index < -0.39 is 5.97 Å². The van der Waals surface area contributed by atoms with Crippen molar-refractivity contribution in [3.8, 4) is 17.2 Å². The predicted octanol–water partition coefficient (Wildman–Crippen LogP) is 1.56. The number of nitrogens with one attached hydrogen (secondary N) is 1. The van der Waals surface area contributed by atoms with Crippen LogP contribution in [0.25, 0.3) is 6.08 Å². The summed E-state index contributed by atoms with van der Waals surface area (Å²) in [5, 5.41) is 2.68. The van der Waals surface area contributed by atoms with E-state index in [1.807, 2.05) is 0 Å². The average molecular weight is 379 g/mol. The molecular formula is C19H25NO7. The van der Waals surface area contributed by atoms with E-state index >= 15 is 0 Å². The molecule has 2 rings (SSSR count). The molecule has 0 spiro atoms. The first-order valence-electron chi connectivity index (χ1n) is 8.60. The molecule has 1 N–H and O–H groups in total. The molecular weight excluding hydrogens is 354 g/mol. The van der Waals surface area contributed by atoms with E-state index in [0.29, 0.717) is 29.4 Å². The van der Waals surface area contributed by atoms with Crippen molar-refractivity contribution in [3.63, 3.8) is 0 Å². The zero-order chi connectivity index (χ0) is 19.6. The normalized spacial score (nSPS) is 16.2. The molecule has 1 aromatic rings. The fourth-order valence-electron chi connectivity index (χ4n) is 2.63. The lowest BCUT2D eigenvalue weighted by molar-refractivity contribution is -0.143. The van der Waals surface area contributed by atoms with Crippen molar-refractivity contribution in [2.75, 3.05) is 41.1 Å². The molecule has 1 aliphatic heterocycles. The molecule has 27 heavy (non-hydrogen) atoms. The Bertz CT molecular complexity index is 656. The highest BCUT2D eigenvalue weighted by Gasteiger charge is 2.16. The number of rotatable bonds is 9. The second-order valence-electron chi connectivity index (χ2n) is 5.84. The van der Waals surface area contributed by atoms with Crippen LogP contribution in [-0.4, -0.2) is 59.1 Å². The Morgan fingerprint density at radius 2 is 1.89 bits per heavy atom. The lowest BCUT2D eigenvalue weighted by Gasteiger charge is -2.12. The number of carbonyl (C=O) groups excluding carboxylic acids is 2. The van der Waals surface area contributed by atoms with Crippen LogP contribution in [0.15, 0.2) is 18.2 Å². The molecule has 1 saturated heterocycles. The zero-order valence-corrected chi connectivity index (χ0v) is 15.8. The SMILES string of the molecule is COc1cc(/C=C/C(=O)OCC(=O)NC[C@@H]2CCCO2)cc(OC)c1OC. The number of benzene rings is 1. The van der Waals surface area contributed by atoms with Crippen LogP contribution in [-0.2, 0) is 19.1 Å². The highest BCUT2D eigenvalue weighted by molar-refractivity contribution is 5.89. The van der Waals surface area contributed by atoms with E-state index in [-0.39, 0.29) is 18.6 Å². The lowest BCUT2D eigenvalue weighted by atomic mass is 10.1. The summed E-state index contributed by atoms with van der Waals surface area (Å²) in [6.45, 7) is 0.810. The van der Waals surface area contributed by atoms with Crippen molar-refractivity contribution in [2.24, 2.45) is 0 Å². The molecule has 1 aliphatic rings. The molecule has 1 amide bonds. The van der Waals surface area contributed by atoms with Crippen LogP contribution in [0.1, 0.15) is 18.4 Å². The molecule has 1 fully saturated rings. The molecule has 0 bridgehead atoms. The first kappa shape index (κ1) is 20.6. The summed E-state index contributed by atoms with van der Waals surface area (Å²) >= 11 is 0. The molecule has 0 saturated carbocycles. The van der Waals surface area contributed by atoms with Crippen LogP contribution < -0.4 is 19.5 Å². The zero-order valence-electron chi connectivity index (χ0n) is 15.8. The Hall–Kier alpha value is -2.74. The van der Waals surface area contributed by atoms with Crippen molar-refractivity contribution in [1.82, 2.24) is 5.32 Å². The van der Waals surface area contributed by atoms with Gasteiger partial charge in [-0.05, 0) is 36.6 Å². The van der Waals surface area contributed by atoms with Gasteiger partial charge >= 0.3 is 5.97 Å². The summed E-state index contributed by atoms with van der Waals surface area (Å²) in [6, 6.07) is 3.39. The Balaban J connectivity index is 1.85. The Morgan fingerprint density at radius 1 is 1.19 bits per heavy atom. The lowest BCUT2D eigenvalue weighted by Crippen LogP contribution is -2.34. The van der Waals surface area contributed by atoms with Gasteiger partial charge in [-0.25, -0.2) is 4.79 Å². The van der Waals surface area contributed by atoms with Gasteiger partial charge in [-0.3, -0.25) is 4.79 Å². The Morgan fingerprint density at radius 3 is 2.44 bits per heavy atom. The summed E-state index contributed by atoms with van der Waals surface area (Å²) in [4.78, 5) is 23.5. The molecule has 8 heteroatoms. The summed E-state index contributed by atoms with van der Waals surface area (Å²) in [7, 11) is 4.53. The predicted molar refractivity (Wildman–Crippen MR) is 98.1 cm³/mol. The third kappa shape index (κ3) is 6.18. The van der Waals surface area contributed by atoms with E-state index in [1.54, 1.807) is 12.1 Å². The van der Waals surface area contributed by atoms with Gasteiger partial charge in [0, 0.05) is 19.2 Å². The monoisotopic (exact) mass is 379 g/mol. The van der Waals surface area contributed by atoms with Crippen LogP contribution in [0, 0.1) is 0 Å². The second-order valence-corrected chi connectivity index (χ2v) is 5.84. The second kappa shape index (κ2) is 10.4. The molecule has 0 aromatic heterocycles. The van der Waals surface area contributed by atoms with Gasteiger partial charge in [0.1, 0.15) is 0 Å². The van der Waals surface area contributed by atoms with Crippen molar-refractivity contribution in [3.05, 3.63) is 23.8 Å². The summed E-state index contributed by atoms with van der Waals surface area (Å²) in [5.41, 5.74) is 0.657. The van der Waals surface area contributed by atoms with Gasteiger partial charge in [0.25, 0.3) is 5.91 Å². The molecule has 0 radical (unpaired) electrons. The number of esters is 1. The highest BCUT2D eigenvalue weighted by atomic mass is 16.5. The number of hydrogen-bond acceptors (Lipinski definition) is 7. The Labute approximate surface area is 158 Å². The van der Waals surface area contributed by atoms with Crippen LogP contribution in [0.2, 0.25) is 0 Å². The maximum Gasteiger partial charge on any atom is 0.331 e. The molecule has 1 heterocycles. The summed E-state index contributed by atoms with van der Waals surface area (Å²) in [5.74, 6) is 0.412. The number of hydrogen-bond donors (Lipinski definition) is 1. The van der Waals surface area contributed by atoms with E-state index in [4.69, 9.17) is 23.7 Å². The third-order valence-corrected chi connectivity index (χ3v) is 4.00. The van der Waals surface area contributed by atoms with Gasteiger partial charge in [0.05, 0.1) is 27.4 Å². The third-order valence-electron chi connectivity index (χ3n) is 4.00. The van der Waals surface area contributed by atoms with Gasteiger partial charge < -0.3 is 29.0 Å². The number of amides is 1. The van der Waals surface area contributed by atoms with Crippen LogP contribution in [0.4, 0.5) is 0 Å². The number of carbonyl (C=O) groups is 2. The van der Waals surface area contributed by atoms with Crippen molar-refractivity contribution < 1.29 is 33.3 Å². The van der Waals surface area contributed by atoms with E-state index in [9.17, 15) is 9.59 Å². The Kier molecular flexibility index (Phi) is 7.94. The molecule has 1 aromatic carbocycles. The number of methoxy groups -OCH3 is 3. The van der Waals surface area contributed by atoms with Crippen LogP contribution in [0.5, 0.6) is 17.2 Å². The molecule has 148 valence electrons. The number of ether oxygens (including phenoxy) is 5. The van der Waals surface area contributed by atoms with Gasteiger partial charge in [-0.2, -0.15) is 0 Å². The minimum Gasteiger partial charge on any atom is -0.493 e. The van der Waals surface area contributed by atoms with E-state index in [0.717, 1.165) is 19.4 Å². The first-order chi connectivity index (χ1) is 13.1. The van der Waals surface area contributed by atoms with Gasteiger partial charge in [0.2, 0.25) is 5.75 Å². The smallest absolute Gasteiger partial charge is 0.331 e. The summed E-state index contributed by atoms with van der Waals surface area (Å²) in [6.07, 6.45) is 4.74. The molecule has 0 aliphatic carbocycles. The molecule has 1 atom stereocenters. The molecule has 8 nitrogen and oxygen atoms in total. The van der Waals surface area contributed by atoms with E-state index in [2.05, 4.69) is 5.32 Å². The fraction of sp³-hybridized carbons (Fsp3) is 0.474. The van der Waals surface area contributed by atoms with Crippen molar-refractivity contribution in [1.29, 1.82) is 0 Å². The minimum atomic E-state index is -0.629.